The fourth-order valence-electron chi connectivity index (χ4n) is 8.89. The van der Waals surface area contributed by atoms with E-state index in [9.17, 15) is 0 Å². The van der Waals surface area contributed by atoms with E-state index in [1.54, 1.807) is 5.56 Å². The van der Waals surface area contributed by atoms with Gasteiger partial charge in [0.2, 0.25) is 0 Å². The molecule has 7 rings (SSSR count). The number of aryl methyl sites for hydroxylation is 1. The van der Waals surface area contributed by atoms with Crippen molar-refractivity contribution in [3.8, 4) is 33.6 Å². The van der Waals surface area contributed by atoms with Crippen LogP contribution >= 0.6 is 0 Å². The van der Waals surface area contributed by atoms with Gasteiger partial charge < -0.3 is 4.57 Å². The molecule has 2 heterocycles. The van der Waals surface area contributed by atoms with Gasteiger partial charge in [0.25, 0.3) is 0 Å². The minimum Gasteiger partial charge on any atom is -0.340 e. The minimum absolute atomic E-state index is 0.0800. The predicted molar refractivity (Wildman–Crippen MR) is 216 cm³/mol. The van der Waals surface area contributed by atoms with Crippen LogP contribution in [-0.2, 0) is 12.0 Å². The summed E-state index contributed by atoms with van der Waals surface area (Å²) in [6, 6.07) is 39.0. The maximum Gasteiger partial charge on any atom is 0.0710 e. The molecule has 1 aliphatic carbocycles. The fourth-order valence-corrected chi connectivity index (χ4v) is 8.89. The highest BCUT2D eigenvalue weighted by molar-refractivity contribution is 6.09. The second-order valence-corrected chi connectivity index (χ2v) is 14.9. The fraction of sp³-hybridized carbons (Fsp3) is 0.396. The lowest BCUT2D eigenvalue weighted by atomic mass is 9.70. The number of fused-ring (bicyclic) bond motifs is 6. The molecular formula is C48H56N2. The minimum atomic E-state index is 0.0800. The first-order valence-corrected chi connectivity index (χ1v) is 19.9. The van der Waals surface area contributed by atoms with Gasteiger partial charge in [-0.2, -0.15) is 0 Å². The Morgan fingerprint density at radius 1 is 0.480 bits per heavy atom. The molecule has 4 aromatic carbocycles. The monoisotopic (exact) mass is 660 g/mol. The molecule has 0 spiro atoms. The number of rotatable bonds is 17. The quantitative estimate of drug-likeness (QED) is 0.0890. The van der Waals surface area contributed by atoms with E-state index in [2.05, 4.69) is 128 Å². The number of aromatic nitrogens is 2. The van der Waals surface area contributed by atoms with Gasteiger partial charge in [-0.15, -0.1) is 0 Å². The van der Waals surface area contributed by atoms with Gasteiger partial charge in [0.05, 0.1) is 11.4 Å². The van der Waals surface area contributed by atoms with E-state index < -0.39 is 0 Å². The topological polar surface area (TPSA) is 17.8 Å². The molecule has 0 unspecified atom stereocenters. The molecular weight excluding hydrogens is 605 g/mol. The van der Waals surface area contributed by atoms with Gasteiger partial charge in [-0.25, -0.2) is 4.98 Å². The van der Waals surface area contributed by atoms with Crippen molar-refractivity contribution in [3.63, 3.8) is 0 Å². The molecule has 0 fully saturated rings. The van der Waals surface area contributed by atoms with Gasteiger partial charge >= 0.3 is 0 Å². The van der Waals surface area contributed by atoms with E-state index in [0.717, 1.165) is 17.9 Å². The lowest BCUT2D eigenvalue weighted by Crippen LogP contribution is -2.25. The highest BCUT2D eigenvalue weighted by atomic mass is 15.0. The van der Waals surface area contributed by atoms with Crippen molar-refractivity contribution in [1.29, 1.82) is 0 Å². The Morgan fingerprint density at radius 3 is 1.82 bits per heavy atom. The average Bonchev–Trinajstić information content (AvgIpc) is 3.63. The summed E-state index contributed by atoms with van der Waals surface area (Å²) in [4.78, 5) is 5.38. The van der Waals surface area contributed by atoms with Gasteiger partial charge in [-0.05, 0) is 71.8 Å². The molecule has 0 saturated carbocycles. The van der Waals surface area contributed by atoms with E-state index in [0.29, 0.717) is 0 Å². The zero-order chi connectivity index (χ0) is 34.3. The SMILES string of the molecule is CCCCCCn1c2ccccc2c2ccc(-c3cccc(-c4ccc5c(c4)C(CCCCCC)(CCCCCC)c4ccccc4-5)n3)cc21. The van der Waals surface area contributed by atoms with E-state index in [1.165, 1.54) is 140 Å². The van der Waals surface area contributed by atoms with Gasteiger partial charge in [0.15, 0.2) is 0 Å². The van der Waals surface area contributed by atoms with Crippen LogP contribution < -0.4 is 0 Å². The zero-order valence-electron chi connectivity index (χ0n) is 30.8. The first kappa shape index (κ1) is 34.3. The molecule has 0 N–H and O–H groups in total. The number of unbranched alkanes of at least 4 members (excludes halogenated alkanes) is 9. The predicted octanol–water partition coefficient (Wildman–Crippen LogP) is 14.3. The standard InChI is InChI=1S/C48H56N2/c1-4-7-10-17-31-48(32-18-11-8-5-2)42-23-15-13-21-38(42)39-29-27-36(34-43(39)48)44-24-20-25-45(49-44)37-28-30-41-40-22-14-16-26-46(40)50(47(41)35-37)33-19-12-9-6-3/h13-16,20-30,34-35H,4-12,17-19,31-33H2,1-3H3. The van der Waals surface area contributed by atoms with Crippen LogP contribution in [0.1, 0.15) is 122 Å². The van der Waals surface area contributed by atoms with Crippen molar-refractivity contribution >= 4 is 21.8 Å². The normalized spacial score (nSPS) is 13.3. The molecule has 258 valence electrons. The van der Waals surface area contributed by atoms with Crippen molar-refractivity contribution < 1.29 is 0 Å². The molecule has 50 heavy (non-hydrogen) atoms. The lowest BCUT2D eigenvalue weighted by Gasteiger charge is -2.33. The van der Waals surface area contributed by atoms with Crippen molar-refractivity contribution in [3.05, 3.63) is 114 Å². The van der Waals surface area contributed by atoms with Crippen molar-refractivity contribution in [2.24, 2.45) is 0 Å². The third-order valence-corrected chi connectivity index (χ3v) is 11.5. The first-order valence-electron chi connectivity index (χ1n) is 19.9. The molecule has 0 amide bonds. The second kappa shape index (κ2) is 15.8. The van der Waals surface area contributed by atoms with Crippen molar-refractivity contribution in [2.75, 3.05) is 0 Å². The number of hydrogen-bond acceptors (Lipinski definition) is 1. The van der Waals surface area contributed by atoms with E-state index in [-0.39, 0.29) is 5.41 Å². The summed E-state index contributed by atoms with van der Waals surface area (Å²) in [5, 5.41) is 2.68. The lowest BCUT2D eigenvalue weighted by molar-refractivity contribution is 0.401. The molecule has 0 bridgehead atoms. The Morgan fingerprint density at radius 2 is 1.08 bits per heavy atom. The summed E-state index contributed by atoms with van der Waals surface area (Å²) >= 11 is 0. The van der Waals surface area contributed by atoms with Crippen LogP contribution in [0.5, 0.6) is 0 Å². The Balaban J connectivity index is 1.26. The number of hydrogen-bond donors (Lipinski definition) is 0. The molecule has 2 heteroatoms. The van der Waals surface area contributed by atoms with Crippen LogP contribution in [-0.4, -0.2) is 9.55 Å². The summed E-state index contributed by atoms with van der Waals surface area (Å²) in [5.74, 6) is 0. The Kier molecular flexibility index (Phi) is 10.8. The van der Waals surface area contributed by atoms with Crippen LogP contribution in [0.2, 0.25) is 0 Å². The maximum atomic E-state index is 5.38. The van der Waals surface area contributed by atoms with Crippen LogP contribution in [0.25, 0.3) is 55.4 Å². The Bertz CT molecular complexity index is 2030. The van der Waals surface area contributed by atoms with Crippen molar-refractivity contribution in [1.82, 2.24) is 9.55 Å². The highest BCUT2D eigenvalue weighted by Gasteiger charge is 2.42. The molecule has 6 aromatic rings. The maximum absolute atomic E-state index is 5.38. The molecule has 0 atom stereocenters. The Labute approximate surface area is 301 Å². The number of para-hydroxylation sites is 1. The van der Waals surface area contributed by atoms with Crippen LogP contribution in [0.15, 0.2) is 103 Å². The van der Waals surface area contributed by atoms with E-state index in [4.69, 9.17) is 4.98 Å². The molecule has 0 aliphatic heterocycles. The first-order chi connectivity index (χ1) is 24.7. The summed E-state index contributed by atoms with van der Waals surface area (Å²) < 4.78 is 2.55. The second-order valence-electron chi connectivity index (χ2n) is 14.9. The van der Waals surface area contributed by atoms with Crippen LogP contribution in [0.4, 0.5) is 0 Å². The summed E-state index contributed by atoms with van der Waals surface area (Å²) in [7, 11) is 0. The van der Waals surface area contributed by atoms with Crippen LogP contribution in [0, 0.1) is 0 Å². The van der Waals surface area contributed by atoms with Gasteiger partial charge in [-0.3, -0.25) is 0 Å². The van der Waals surface area contributed by atoms with Gasteiger partial charge in [0.1, 0.15) is 0 Å². The molecule has 1 aliphatic rings. The molecule has 0 radical (unpaired) electrons. The number of nitrogens with zero attached hydrogens (tertiary/aromatic N) is 2. The summed E-state index contributed by atoms with van der Waals surface area (Å²) in [6.07, 6.45) is 17.9. The van der Waals surface area contributed by atoms with Gasteiger partial charge in [0, 0.05) is 44.9 Å². The molecule has 2 aromatic heterocycles. The third kappa shape index (κ3) is 6.67. The average molecular weight is 661 g/mol. The Hall–Kier alpha value is -4.17. The highest BCUT2D eigenvalue weighted by Crippen LogP contribution is 2.55. The molecule has 2 nitrogen and oxygen atoms in total. The van der Waals surface area contributed by atoms with Crippen LogP contribution in [0.3, 0.4) is 0 Å². The van der Waals surface area contributed by atoms with E-state index in [1.807, 2.05) is 0 Å². The largest absolute Gasteiger partial charge is 0.340 e. The zero-order valence-corrected chi connectivity index (χ0v) is 30.8. The smallest absolute Gasteiger partial charge is 0.0710 e. The van der Waals surface area contributed by atoms with Crippen molar-refractivity contribution in [2.45, 2.75) is 123 Å². The number of benzene rings is 4. The summed E-state index contributed by atoms with van der Waals surface area (Å²) in [6.45, 7) is 7.98. The van der Waals surface area contributed by atoms with E-state index >= 15 is 0 Å². The number of pyridine rings is 1. The van der Waals surface area contributed by atoms with Gasteiger partial charge in [-0.1, -0.05) is 164 Å². The molecule has 0 saturated heterocycles. The third-order valence-electron chi connectivity index (χ3n) is 11.5. The summed E-state index contributed by atoms with van der Waals surface area (Å²) in [5.41, 5.74) is 13.2.